The fourth-order valence-corrected chi connectivity index (χ4v) is 3.22. The van der Waals surface area contributed by atoms with Gasteiger partial charge in [0.15, 0.2) is 6.29 Å². The Morgan fingerprint density at radius 1 is 1.39 bits per heavy atom. The van der Waals surface area contributed by atoms with Crippen LogP contribution < -0.4 is 0 Å². The summed E-state index contributed by atoms with van der Waals surface area (Å²) in [5.41, 5.74) is 0.628. The first-order valence-corrected chi connectivity index (χ1v) is 7.64. The monoisotopic (exact) mass is 327 g/mol. The lowest BCUT2D eigenvalue weighted by atomic mass is 10.2. The summed E-state index contributed by atoms with van der Waals surface area (Å²) in [4.78, 5) is 25.6. The quantitative estimate of drug-likeness (QED) is 0.630. The smallest absolute Gasteiger partial charge is 0.232 e. The minimum atomic E-state index is 0.164. The molecule has 1 aliphatic heterocycles. The number of hydrogen-bond acceptors (Lipinski definition) is 3. The predicted octanol–water partition coefficient (Wildman–Crippen LogP) is 2.98. The van der Waals surface area contributed by atoms with Crippen molar-refractivity contribution in [2.75, 3.05) is 18.8 Å². The largest absolute Gasteiger partial charge is 0.342 e. The van der Waals surface area contributed by atoms with E-state index in [4.69, 9.17) is 0 Å². The van der Waals surface area contributed by atoms with Gasteiger partial charge in [-0.15, -0.1) is 11.8 Å². The van der Waals surface area contributed by atoms with Crippen molar-refractivity contribution in [3.05, 3.63) is 28.2 Å². The van der Waals surface area contributed by atoms with Crippen LogP contribution in [-0.4, -0.2) is 35.9 Å². The molecular formula is C13H14BrNO2S. The highest BCUT2D eigenvalue weighted by Crippen LogP contribution is 2.25. The molecule has 0 N–H and O–H groups in total. The van der Waals surface area contributed by atoms with Gasteiger partial charge in [0.05, 0.1) is 5.75 Å². The average molecular weight is 328 g/mol. The van der Waals surface area contributed by atoms with Crippen LogP contribution in [-0.2, 0) is 4.79 Å². The van der Waals surface area contributed by atoms with E-state index in [1.807, 2.05) is 17.0 Å². The predicted molar refractivity (Wildman–Crippen MR) is 76.1 cm³/mol. The lowest BCUT2D eigenvalue weighted by molar-refractivity contribution is -0.127. The van der Waals surface area contributed by atoms with Gasteiger partial charge in [0, 0.05) is 28.0 Å². The second kappa shape index (κ2) is 6.38. The van der Waals surface area contributed by atoms with E-state index in [0.29, 0.717) is 11.3 Å². The number of carbonyl (C=O) groups is 2. The highest BCUT2D eigenvalue weighted by atomic mass is 79.9. The summed E-state index contributed by atoms with van der Waals surface area (Å²) in [7, 11) is 0. The summed E-state index contributed by atoms with van der Waals surface area (Å²) in [5.74, 6) is 0.569. The van der Waals surface area contributed by atoms with Gasteiger partial charge in [0.1, 0.15) is 0 Å². The van der Waals surface area contributed by atoms with Crippen LogP contribution in [0.3, 0.4) is 0 Å². The number of thioether (sulfide) groups is 1. The van der Waals surface area contributed by atoms with E-state index in [2.05, 4.69) is 15.9 Å². The summed E-state index contributed by atoms with van der Waals surface area (Å²) >= 11 is 4.76. The van der Waals surface area contributed by atoms with Crippen molar-refractivity contribution in [3.8, 4) is 0 Å². The molecule has 0 unspecified atom stereocenters. The van der Waals surface area contributed by atoms with Gasteiger partial charge < -0.3 is 4.90 Å². The first kappa shape index (κ1) is 13.6. The van der Waals surface area contributed by atoms with Crippen LogP contribution >= 0.6 is 27.7 Å². The van der Waals surface area contributed by atoms with Gasteiger partial charge in [-0.25, -0.2) is 0 Å². The number of amides is 1. The molecule has 1 aliphatic rings. The van der Waals surface area contributed by atoms with Crippen LogP contribution in [0, 0.1) is 0 Å². The second-order valence-electron chi connectivity index (χ2n) is 4.18. The number of halogens is 1. The third-order valence-corrected chi connectivity index (χ3v) is 4.48. The number of hydrogen-bond donors (Lipinski definition) is 0. The Morgan fingerprint density at radius 2 is 2.11 bits per heavy atom. The first-order valence-electron chi connectivity index (χ1n) is 5.86. The molecule has 0 bridgehead atoms. The lowest BCUT2D eigenvalue weighted by Crippen LogP contribution is -2.29. The molecule has 1 aromatic carbocycles. The topological polar surface area (TPSA) is 37.4 Å². The maximum Gasteiger partial charge on any atom is 0.232 e. The van der Waals surface area contributed by atoms with E-state index in [-0.39, 0.29) is 5.91 Å². The summed E-state index contributed by atoms with van der Waals surface area (Å²) in [6.07, 6.45) is 3.04. The third kappa shape index (κ3) is 3.36. The number of rotatable bonds is 4. The van der Waals surface area contributed by atoms with Crippen molar-refractivity contribution in [2.45, 2.75) is 17.7 Å². The highest BCUT2D eigenvalue weighted by Gasteiger charge is 2.18. The fourth-order valence-electron chi connectivity index (χ4n) is 1.94. The minimum Gasteiger partial charge on any atom is -0.342 e. The molecule has 0 saturated carbocycles. The molecule has 5 heteroatoms. The number of nitrogens with zero attached hydrogens (tertiary/aromatic N) is 1. The summed E-state index contributed by atoms with van der Waals surface area (Å²) < 4.78 is 0.875. The summed E-state index contributed by atoms with van der Waals surface area (Å²) in [5, 5.41) is 0. The molecule has 1 heterocycles. The van der Waals surface area contributed by atoms with Crippen LogP contribution in [0.5, 0.6) is 0 Å². The fraction of sp³-hybridized carbons (Fsp3) is 0.385. The molecule has 0 aliphatic carbocycles. The Balaban J connectivity index is 1.97. The van der Waals surface area contributed by atoms with Gasteiger partial charge in [-0.05, 0) is 31.0 Å². The van der Waals surface area contributed by atoms with Crippen molar-refractivity contribution < 1.29 is 9.59 Å². The van der Waals surface area contributed by atoms with E-state index in [1.54, 1.807) is 6.07 Å². The van der Waals surface area contributed by atoms with Gasteiger partial charge >= 0.3 is 0 Å². The molecule has 0 atom stereocenters. The number of carbonyl (C=O) groups excluding carboxylic acids is 2. The van der Waals surface area contributed by atoms with Crippen molar-refractivity contribution in [1.82, 2.24) is 4.90 Å². The summed E-state index contributed by atoms with van der Waals surface area (Å²) in [6.45, 7) is 1.75. The Kier molecular flexibility index (Phi) is 4.83. The lowest BCUT2D eigenvalue weighted by Gasteiger charge is -2.15. The Labute approximate surface area is 119 Å². The van der Waals surface area contributed by atoms with E-state index in [9.17, 15) is 9.59 Å². The maximum absolute atomic E-state index is 11.9. The van der Waals surface area contributed by atoms with Gasteiger partial charge in [-0.2, -0.15) is 0 Å². The Hall–Kier alpha value is -0.810. The molecular weight excluding hydrogens is 314 g/mol. The zero-order valence-corrected chi connectivity index (χ0v) is 12.3. The van der Waals surface area contributed by atoms with E-state index >= 15 is 0 Å². The SMILES string of the molecule is O=Cc1cc(Br)ccc1SCC(=O)N1CCCC1. The van der Waals surface area contributed by atoms with Gasteiger partial charge in [-0.1, -0.05) is 15.9 Å². The van der Waals surface area contributed by atoms with Gasteiger partial charge in [0.2, 0.25) is 5.91 Å². The molecule has 18 heavy (non-hydrogen) atoms. The number of likely N-dealkylation sites (tertiary alicyclic amines) is 1. The number of aldehydes is 1. The average Bonchev–Trinajstić information content (AvgIpc) is 2.90. The zero-order valence-electron chi connectivity index (χ0n) is 9.89. The second-order valence-corrected chi connectivity index (χ2v) is 6.11. The normalized spacial score (nSPS) is 14.8. The molecule has 0 aromatic heterocycles. The standard InChI is InChI=1S/C13H14BrNO2S/c14-11-3-4-12(10(7-11)8-16)18-9-13(17)15-5-1-2-6-15/h3-4,7-8H,1-2,5-6,9H2. The van der Waals surface area contributed by atoms with Crippen LogP contribution in [0.15, 0.2) is 27.6 Å². The minimum absolute atomic E-state index is 0.164. The van der Waals surface area contributed by atoms with Gasteiger partial charge in [0.25, 0.3) is 0 Å². The Morgan fingerprint density at radius 3 is 2.78 bits per heavy atom. The van der Waals surface area contributed by atoms with Crippen LogP contribution in [0.25, 0.3) is 0 Å². The zero-order chi connectivity index (χ0) is 13.0. The van der Waals surface area contributed by atoms with E-state index in [0.717, 1.165) is 41.6 Å². The van der Waals surface area contributed by atoms with Crippen molar-refractivity contribution in [2.24, 2.45) is 0 Å². The molecule has 96 valence electrons. The molecule has 1 amide bonds. The molecule has 0 spiro atoms. The summed E-state index contributed by atoms with van der Waals surface area (Å²) in [6, 6.07) is 5.53. The first-order chi connectivity index (χ1) is 8.70. The van der Waals surface area contributed by atoms with Crippen molar-refractivity contribution in [3.63, 3.8) is 0 Å². The molecule has 0 radical (unpaired) electrons. The molecule has 1 fully saturated rings. The molecule has 1 aromatic rings. The maximum atomic E-state index is 11.9. The van der Waals surface area contributed by atoms with E-state index < -0.39 is 0 Å². The van der Waals surface area contributed by atoms with Crippen molar-refractivity contribution in [1.29, 1.82) is 0 Å². The molecule has 1 saturated heterocycles. The van der Waals surface area contributed by atoms with Crippen LogP contribution in [0.4, 0.5) is 0 Å². The highest BCUT2D eigenvalue weighted by molar-refractivity contribution is 9.10. The van der Waals surface area contributed by atoms with Crippen LogP contribution in [0.1, 0.15) is 23.2 Å². The molecule has 2 rings (SSSR count). The molecule has 3 nitrogen and oxygen atoms in total. The third-order valence-electron chi connectivity index (χ3n) is 2.91. The van der Waals surface area contributed by atoms with E-state index in [1.165, 1.54) is 11.8 Å². The number of benzene rings is 1. The Bertz CT molecular complexity index is 458. The van der Waals surface area contributed by atoms with Gasteiger partial charge in [-0.3, -0.25) is 9.59 Å². The van der Waals surface area contributed by atoms with Crippen molar-refractivity contribution >= 4 is 39.9 Å². The van der Waals surface area contributed by atoms with Crippen LogP contribution in [0.2, 0.25) is 0 Å².